The number of nitrogens with one attached hydrogen (secondary N) is 3. The molecule has 2 heterocycles. The van der Waals surface area contributed by atoms with Gasteiger partial charge in [-0.25, -0.2) is 0 Å². The molecule has 0 spiro atoms. The van der Waals surface area contributed by atoms with Crippen LogP contribution in [-0.4, -0.2) is 30.8 Å². The molecule has 3 amide bonds. The van der Waals surface area contributed by atoms with E-state index in [2.05, 4.69) is 16.0 Å². The molecule has 3 N–H and O–H groups in total. The molecule has 1 aromatic carbocycles. The van der Waals surface area contributed by atoms with E-state index in [1.807, 2.05) is 24.3 Å². The summed E-state index contributed by atoms with van der Waals surface area (Å²) in [4.78, 5) is 34.9. The lowest BCUT2D eigenvalue weighted by molar-refractivity contribution is -0.126. The first-order valence-electron chi connectivity index (χ1n) is 8.06. The number of rotatable bonds is 4. The fourth-order valence-electron chi connectivity index (χ4n) is 3.10. The number of hydrogen-bond donors (Lipinski definition) is 3. The van der Waals surface area contributed by atoms with Gasteiger partial charge in [-0.15, -0.1) is 0 Å². The van der Waals surface area contributed by atoms with Gasteiger partial charge in [-0.2, -0.15) is 0 Å². The van der Waals surface area contributed by atoms with Crippen LogP contribution >= 0.6 is 0 Å². The first-order chi connectivity index (χ1) is 11.1. The highest BCUT2D eigenvalue weighted by Crippen LogP contribution is 2.20. The van der Waals surface area contributed by atoms with E-state index in [0.29, 0.717) is 6.42 Å². The van der Waals surface area contributed by atoms with E-state index in [-0.39, 0.29) is 36.0 Å². The molecule has 6 nitrogen and oxygen atoms in total. The SMILES string of the molecule is O=C1CC(Cc2ccc(NC(=O)C3CCCNC3)cc2)C(=O)N1. The van der Waals surface area contributed by atoms with Crippen molar-refractivity contribution < 1.29 is 14.4 Å². The summed E-state index contributed by atoms with van der Waals surface area (Å²) in [7, 11) is 0. The van der Waals surface area contributed by atoms with E-state index in [4.69, 9.17) is 0 Å². The van der Waals surface area contributed by atoms with Crippen LogP contribution in [0, 0.1) is 11.8 Å². The molecule has 2 saturated heterocycles. The summed E-state index contributed by atoms with van der Waals surface area (Å²) in [6.45, 7) is 1.71. The topological polar surface area (TPSA) is 87.3 Å². The van der Waals surface area contributed by atoms with Gasteiger partial charge in [0, 0.05) is 18.7 Å². The lowest BCUT2D eigenvalue weighted by Gasteiger charge is -2.21. The second-order valence-electron chi connectivity index (χ2n) is 6.25. The quantitative estimate of drug-likeness (QED) is 0.718. The molecule has 2 aliphatic heterocycles. The number of hydrogen-bond acceptors (Lipinski definition) is 4. The van der Waals surface area contributed by atoms with Gasteiger partial charge in [0.15, 0.2) is 0 Å². The minimum absolute atomic E-state index is 0.0247. The Morgan fingerprint density at radius 2 is 2.00 bits per heavy atom. The first kappa shape index (κ1) is 15.7. The average molecular weight is 315 g/mol. The standard InChI is InChI=1S/C17H21N3O3/c21-15-9-13(17(23)20-15)8-11-3-5-14(6-4-11)19-16(22)12-2-1-7-18-10-12/h3-6,12-13,18H,1-2,7-10H2,(H,19,22)(H,20,21,23). The number of piperidine rings is 1. The third-order valence-corrected chi connectivity index (χ3v) is 4.44. The highest BCUT2D eigenvalue weighted by atomic mass is 16.2. The van der Waals surface area contributed by atoms with Gasteiger partial charge in [0.2, 0.25) is 17.7 Å². The molecule has 0 saturated carbocycles. The van der Waals surface area contributed by atoms with E-state index in [9.17, 15) is 14.4 Å². The molecule has 1 aromatic rings. The summed E-state index contributed by atoms with van der Waals surface area (Å²) < 4.78 is 0. The van der Waals surface area contributed by atoms with E-state index in [0.717, 1.165) is 37.2 Å². The van der Waals surface area contributed by atoms with E-state index < -0.39 is 0 Å². The van der Waals surface area contributed by atoms with Gasteiger partial charge in [-0.1, -0.05) is 12.1 Å². The monoisotopic (exact) mass is 315 g/mol. The normalized spacial score (nSPS) is 24.3. The number of carbonyl (C=O) groups excluding carboxylic acids is 3. The van der Waals surface area contributed by atoms with E-state index in [1.165, 1.54) is 0 Å². The molecule has 122 valence electrons. The fraction of sp³-hybridized carbons (Fsp3) is 0.471. The van der Waals surface area contributed by atoms with Gasteiger partial charge in [-0.3, -0.25) is 19.7 Å². The van der Waals surface area contributed by atoms with Crippen LogP contribution < -0.4 is 16.0 Å². The summed E-state index contributed by atoms with van der Waals surface area (Å²) in [6, 6.07) is 7.48. The fourth-order valence-corrected chi connectivity index (χ4v) is 3.10. The minimum atomic E-state index is -0.281. The molecule has 0 radical (unpaired) electrons. The van der Waals surface area contributed by atoms with Crippen molar-refractivity contribution in [3.8, 4) is 0 Å². The molecule has 2 aliphatic rings. The van der Waals surface area contributed by atoms with Crippen LogP contribution in [0.3, 0.4) is 0 Å². The van der Waals surface area contributed by atoms with Gasteiger partial charge in [-0.05, 0) is 43.5 Å². The molecule has 0 aliphatic carbocycles. The van der Waals surface area contributed by atoms with E-state index in [1.54, 1.807) is 0 Å². The number of benzene rings is 1. The molecule has 2 fully saturated rings. The maximum absolute atomic E-state index is 12.2. The van der Waals surface area contributed by atoms with Crippen molar-refractivity contribution in [3.05, 3.63) is 29.8 Å². The summed E-state index contributed by atoms with van der Waals surface area (Å²) in [6.07, 6.45) is 2.74. The van der Waals surface area contributed by atoms with Crippen molar-refractivity contribution in [1.29, 1.82) is 0 Å². The third-order valence-electron chi connectivity index (χ3n) is 4.44. The Morgan fingerprint density at radius 1 is 1.22 bits per heavy atom. The molecule has 6 heteroatoms. The summed E-state index contributed by atoms with van der Waals surface area (Å²) in [5.74, 6) is -0.610. The summed E-state index contributed by atoms with van der Waals surface area (Å²) >= 11 is 0. The molecular formula is C17H21N3O3. The van der Waals surface area contributed by atoms with Gasteiger partial charge >= 0.3 is 0 Å². The van der Waals surface area contributed by atoms with Gasteiger partial charge in [0.1, 0.15) is 0 Å². The molecule has 2 unspecified atom stereocenters. The Balaban J connectivity index is 1.55. The number of anilines is 1. The minimum Gasteiger partial charge on any atom is -0.326 e. The molecule has 0 aromatic heterocycles. The molecule has 0 bridgehead atoms. The average Bonchev–Trinajstić information content (AvgIpc) is 2.87. The second kappa shape index (κ2) is 6.91. The number of carbonyl (C=O) groups is 3. The van der Waals surface area contributed by atoms with Crippen LogP contribution in [0.25, 0.3) is 0 Å². The molecule has 3 rings (SSSR count). The maximum Gasteiger partial charge on any atom is 0.230 e. The predicted octanol–water partition coefficient (Wildman–Crippen LogP) is 0.830. The smallest absolute Gasteiger partial charge is 0.230 e. The van der Waals surface area contributed by atoms with Crippen LogP contribution in [0.2, 0.25) is 0 Å². The van der Waals surface area contributed by atoms with Crippen molar-refractivity contribution in [2.45, 2.75) is 25.7 Å². The van der Waals surface area contributed by atoms with E-state index >= 15 is 0 Å². The zero-order chi connectivity index (χ0) is 16.2. The van der Waals surface area contributed by atoms with Crippen LogP contribution in [0.1, 0.15) is 24.8 Å². The van der Waals surface area contributed by atoms with Crippen molar-refractivity contribution in [2.75, 3.05) is 18.4 Å². The Hall–Kier alpha value is -2.21. The van der Waals surface area contributed by atoms with Crippen molar-refractivity contribution in [1.82, 2.24) is 10.6 Å². The van der Waals surface area contributed by atoms with Crippen molar-refractivity contribution in [3.63, 3.8) is 0 Å². The zero-order valence-electron chi connectivity index (χ0n) is 12.9. The van der Waals surface area contributed by atoms with Gasteiger partial charge in [0.05, 0.1) is 11.8 Å². The van der Waals surface area contributed by atoms with Gasteiger partial charge in [0.25, 0.3) is 0 Å². The van der Waals surface area contributed by atoms with Crippen LogP contribution in [0.4, 0.5) is 5.69 Å². The lowest BCUT2D eigenvalue weighted by Crippen LogP contribution is -2.37. The Labute approximate surface area is 135 Å². The molecular weight excluding hydrogens is 294 g/mol. The number of imide groups is 1. The Morgan fingerprint density at radius 3 is 2.61 bits per heavy atom. The highest BCUT2D eigenvalue weighted by molar-refractivity contribution is 6.03. The van der Waals surface area contributed by atoms with Crippen molar-refractivity contribution >= 4 is 23.4 Å². The molecule has 2 atom stereocenters. The summed E-state index contributed by atoms with van der Waals surface area (Å²) in [5.41, 5.74) is 1.74. The molecule has 23 heavy (non-hydrogen) atoms. The Kier molecular flexibility index (Phi) is 4.71. The zero-order valence-corrected chi connectivity index (χ0v) is 12.9. The Bertz CT molecular complexity index is 606. The second-order valence-corrected chi connectivity index (χ2v) is 6.25. The predicted molar refractivity (Wildman–Crippen MR) is 85.6 cm³/mol. The third kappa shape index (κ3) is 3.96. The first-order valence-corrected chi connectivity index (χ1v) is 8.06. The number of amides is 3. The lowest BCUT2D eigenvalue weighted by atomic mass is 9.97. The van der Waals surface area contributed by atoms with Crippen LogP contribution in [-0.2, 0) is 20.8 Å². The largest absolute Gasteiger partial charge is 0.326 e. The highest BCUT2D eigenvalue weighted by Gasteiger charge is 2.30. The van der Waals surface area contributed by atoms with Crippen molar-refractivity contribution in [2.24, 2.45) is 11.8 Å². The van der Waals surface area contributed by atoms with Crippen LogP contribution in [0.5, 0.6) is 0 Å². The summed E-state index contributed by atoms with van der Waals surface area (Å²) in [5, 5.41) is 8.49. The maximum atomic E-state index is 12.2. The van der Waals surface area contributed by atoms with Crippen LogP contribution in [0.15, 0.2) is 24.3 Å². The van der Waals surface area contributed by atoms with Gasteiger partial charge < -0.3 is 10.6 Å².